The maximum Gasteiger partial charge on any atom is 0.342 e. The Balaban J connectivity index is 2.05. The summed E-state index contributed by atoms with van der Waals surface area (Å²) in [7, 11) is 1.28. The zero-order valence-electron chi connectivity index (χ0n) is 14.9. The molecular formula is C18H18N2O7. The lowest BCUT2D eigenvalue weighted by atomic mass is 10.1. The molecule has 0 aliphatic carbocycles. The molecule has 0 bridgehead atoms. The summed E-state index contributed by atoms with van der Waals surface area (Å²) in [6.07, 6.45) is 0. The van der Waals surface area contributed by atoms with Crippen molar-refractivity contribution in [1.29, 1.82) is 0 Å². The number of benzene rings is 2. The average Bonchev–Trinajstić information content (AvgIpc) is 2.60. The molecule has 142 valence electrons. The third-order valence-electron chi connectivity index (χ3n) is 3.70. The van der Waals surface area contributed by atoms with E-state index in [9.17, 15) is 24.8 Å². The van der Waals surface area contributed by atoms with Gasteiger partial charge < -0.3 is 19.9 Å². The fourth-order valence-electron chi connectivity index (χ4n) is 2.32. The Bertz CT molecular complexity index is 909. The second-order valence-corrected chi connectivity index (χ2v) is 5.74. The Morgan fingerprint density at radius 3 is 2.52 bits per heavy atom. The molecular weight excluding hydrogens is 356 g/mol. The number of carbonyl (C=O) groups is 2. The summed E-state index contributed by atoms with van der Waals surface area (Å²) in [5, 5.41) is 23.2. The first-order valence-electron chi connectivity index (χ1n) is 7.82. The number of nitrogens with one attached hydrogen (secondary N) is 1. The first-order valence-corrected chi connectivity index (χ1v) is 7.82. The molecule has 0 aliphatic rings. The number of hydrogen-bond donors (Lipinski definition) is 2. The van der Waals surface area contributed by atoms with Gasteiger partial charge in [0, 0.05) is 17.8 Å². The molecule has 9 nitrogen and oxygen atoms in total. The van der Waals surface area contributed by atoms with Gasteiger partial charge in [-0.15, -0.1) is 0 Å². The highest BCUT2D eigenvalue weighted by Gasteiger charge is 2.19. The van der Waals surface area contributed by atoms with Crippen molar-refractivity contribution in [3.8, 4) is 11.5 Å². The van der Waals surface area contributed by atoms with Crippen LogP contribution in [-0.4, -0.2) is 35.6 Å². The van der Waals surface area contributed by atoms with Gasteiger partial charge >= 0.3 is 11.7 Å². The molecule has 0 radical (unpaired) electrons. The van der Waals surface area contributed by atoms with Crippen LogP contribution in [-0.2, 0) is 9.53 Å². The number of carbonyl (C=O) groups excluding carboxylic acids is 2. The third-order valence-corrected chi connectivity index (χ3v) is 3.70. The Morgan fingerprint density at radius 1 is 1.22 bits per heavy atom. The molecule has 0 aliphatic heterocycles. The molecule has 2 N–H and O–H groups in total. The monoisotopic (exact) mass is 374 g/mol. The zero-order chi connectivity index (χ0) is 20.1. The zero-order valence-corrected chi connectivity index (χ0v) is 14.9. The smallest absolute Gasteiger partial charge is 0.342 e. The molecule has 9 heteroatoms. The van der Waals surface area contributed by atoms with Crippen molar-refractivity contribution in [2.24, 2.45) is 0 Å². The van der Waals surface area contributed by atoms with Crippen molar-refractivity contribution in [2.75, 3.05) is 19.0 Å². The Morgan fingerprint density at radius 2 is 1.93 bits per heavy atom. The van der Waals surface area contributed by atoms with Gasteiger partial charge in [0.1, 0.15) is 11.3 Å². The maximum atomic E-state index is 12.0. The largest absolute Gasteiger partial charge is 0.507 e. The summed E-state index contributed by atoms with van der Waals surface area (Å²) in [4.78, 5) is 34.4. The van der Waals surface area contributed by atoms with E-state index in [1.807, 2.05) is 0 Å². The number of anilines is 1. The first kappa shape index (κ1) is 19.7. The van der Waals surface area contributed by atoms with Crippen LogP contribution in [0.5, 0.6) is 11.5 Å². The lowest BCUT2D eigenvalue weighted by Crippen LogP contribution is -2.21. The van der Waals surface area contributed by atoms with Crippen molar-refractivity contribution in [2.45, 2.75) is 13.8 Å². The highest BCUT2D eigenvalue weighted by molar-refractivity contribution is 5.97. The van der Waals surface area contributed by atoms with E-state index in [4.69, 9.17) is 9.47 Å². The molecule has 0 unspecified atom stereocenters. The van der Waals surface area contributed by atoms with E-state index >= 15 is 0 Å². The Labute approximate surface area is 154 Å². The van der Waals surface area contributed by atoms with Gasteiger partial charge in [0.15, 0.2) is 12.4 Å². The van der Waals surface area contributed by atoms with E-state index in [-0.39, 0.29) is 28.4 Å². The summed E-state index contributed by atoms with van der Waals surface area (Å²) >= 11 is 0. The van der Waals surface area contributed by atoms with Gasteiger partial charge in [-0.25, -0.2) is 4.79 Å². The number of aromatic hydroxyl groups is 1. The first-order chi connectivity index (χ1) is 12.7. The number of rotatable bonds is 6. The highest BCUT2D eigenvalue weighted by atomic mass is 16.6. The topological polar surface area (TPSA) is 128 Å². The van der Waals surface area contributed by atoms with Gasteiger partial charge in [0.05, 0.1) is 12.0 Å². The second-order valence-electron chi connectivity index (χ2n) is 5.74. The molecule has 1 amide bonds. The maximum absolute atomic E-state index is 12.0. The van der Waals surface area contributed by atoms with Crippen LogP contribution < -0.4 is 10.1 Å². The average molecular weight is 374 g/mol. The minimum absolute atomic E-state index is 0.0116. The van der Waals surface area contributed by atoms with Crippen LogP contribution in [0.15, 0.2) is 30.3 Å². The summed E-state index contributed by atoms with van der Waals surface area (Å²) in [5.41, 5.74) is 1.22. The predicted octanol–water partition coefficient (Wildman–Crippen LogP) is 2.72. The van der Waals surface area contributed by atoms with Crippen LogP contribution in [0.3, 0.4) is 0 Å². The molecule has 0 saturated heterocycles. The number of amides is 1. The third kappa shape index (κ3) is 4.72. The minimum Gasteiger partial charge on any atom is -0.507 e. The van der Waals surface area contributed by atoms with Crippen molar-refractivity contribution in [3.05, 3.63) is 57.1 Å². The van der Waals surface area contributed by atoms with Crippen molar-refractivity contribution in [1.82, 2.24) is 0 Å². The molecule has 0 aromatic heterocycles. The van der Waals surface area contributed by atoms with E-state index < -0.39 is 23.4 Å². The summed E-state index contributed by atoms with van der Waals surface area (Å²) in [6, 6.07) is 7.02. The number of nitro benzene ring substituents is 1. The number of ether oxygens (including phenoxy) is 2. The molecule has 2 aromatic carbocycles. The van der Waals surface area contributed by atoms with E-state index in [1.165, 1.54) is 31.4 Å². The molecule has 2 aromatic rings. The predicted molar refractivity (Wildman–Crippen MR) is 96.1 cm³/mol. The van der Waals surface area contributed by atoms with E-state index in [0.717, 1.165) is 5.56 Å². The van der Waals surface area contributed by atoms with Crippen LogP contribution >= 0.6 is 0 Å². The lowest BCUT2D eigenvalue weighted by molar-refractivity contribution is -0.385. The standard InChI is InChI=1S/C18H18N2O7/c1-10-4-5-12(15(21)6-10)18(23)27-9-17(22)19-13-8-16(26-3)14(20(24)25)7-11(13)2/h4-8,21H,9H2,1-3H3,(H,19,22). The number of phenols is 1. The molecule has 27 heavy (non-hydrogen) atoms. The van der Waals surface area contributed by atoms with Crippen LogP contribution in [0, 0.1) is 24.0 Å². The fourth-order valence-corrected chi connectivity index (χ4v) is 2.32. The molecule has 2 rings (SSSR count). The number of nitrogens with zero attached hydrogens (tertiary/aromatic N) is 1. The molecule has 0 saturated carbocycles. The minimum atomic E-state index is -0.847. The Hall–Kier alpha value is -3.62. The molecule has 0 heterocycles. The number of phenolic OH excluding ortho intramolecular Hbond substituents is 1. The summed E-state index contributed by atoms with van der Waals surface area (Å²) in [6.45, 7) is 2.74. The van der Waals surface area contributed by atoms with Gasteiger partial charge in [-0.3, -0.25) is 14.9 Å². The summed E-state index contributed by atoms with van der Waals surface area (Å²) < 4.78 is 9.85. The normalized spacial score (nSPS) is 10.2. The molecule has 0 spiro atoms. The quantitative estimate of drug-likeness (QED) is 0.452. The van der Waals surface area contributed by atoms with Gasteiger partial charge in [0.25, 0.3) is 5.91 Å². The van der Waals surface area contributed by atoms with Crippen LogP contribution in [0.2, 0.25) is 0 Å². The van der Waals surface area contributed by atoms with Gasteiger partial charge in [-0.2, -0.15) is 0 Å². The van der Waals surface area contributed by atoms with Gasteiger partial charge in [-0.1, -0.05) is 6.07 Å². The van der Waals surface area contributed by atoms with Gasteiger partial charge in [0.2, 0.25) is 0 Å². The van der Waals surface area contributed by atoms with Crippen molar-refractivity contribution < 1.29 is 29.1 Å². The van der Waals surface area contributed by atoms with Crippen molar-refractivity contribution in [3.63, 3.8) is 0 Å². The number of methoxy groups -OCH3 is 1. The molecule has 0 atom stereocenters. The van der Waals surface area contributed by atoms with Crippen LogP contribution in [0.25, 0.3) is 0 Å². The van der Waals surface area contributed by atoms with E-state index in [0.29, 0.717) is 5.56 Å². The summed E-state index contributed by atoms with van der Waals surface area (Å²) in [5.74, 6) is -1.74. The Kier molecular flexibility index (Phi) is 5.96. The number of hydrogen-bond acceptors (Lipinski definition) is 7. The van der Waals surface area contributed by atoms with Gasteiger partial charge in [-0.05, 0) is 37.1 Å². The number of aryl methyl sites for hydroxylation is 2. The number of esters is 1. The molecule has 0 fully saturated rings. The highest BCUT2D eigenvalue weighted by Crippen LogP contribution is 2.32. The SMILES string of the molecule is COc1cc(NC(=O)COC(=O)c2ccc(C)cc2O)c(C)cc1[N+](=O)[O-]. The fraction of sp³-hybridized carbons (Fsp3) is 0.222. The number of nitro groups is 1. The lowest BCUT2D eigenvalue weighted by Gasteiger charge is -2.11. The van der Waals surface area contributed by atoms with Crippen LogP contribution in [0.1, 0.15) is 21.5 Å². The van der Waals surface area contributed by atoms with Crippen molar-refractivity contribution >= 4 is 23.3 Å². The van der Waals surface area contributed by atoms with Crippen LogP contribution in [0.4, 0.5) is 11.4 Å². The van der Waals surface area contributed by atoms with E-state index in [2.05, 4.69) is 5.32 Å². The van der Waals surface area contributed by atoms with E-state index in [1.54, 1.807) is 19.9 Å². The second kappa shape index (κ2) is 8.17.